The van der Waals surface area contributed by atoms with Gasteiger partial charge >= 0.3 is 0 Å². The highest BCUT2D eigenvalue weighted by atomic mass is 16.3. The molecule has 2 N–H and O–H groups in total. The molecule has 0 spiro atoms. The van der Waals surface area contributed by atoms with E-state index in [0.29, 0.717) is 0 Å². The van der Waals surface area contributed by atoms with Crippen molar-refractivity contribution in [2.24, 2.45) is 0 Å². The molecule has 110 valence electrons. The molecule has 0 saturated heterocycles. The smallest absolute Gasteiger partial charge is 0.115 e. The van der Waals surface area contributed by atoms with Crippen molar-refractivity contribution in [1.29, 1.82) is 0 Å². The highest BCUT2D eigenvalue weighted by Gasteiger charge is 2.13. The fourth-order valence-electron chi connectivity index (χ4n) is 2.34. The van der Waals surface area contributed by atoms with E-state index in [0.717, 1.165) is 12.8 Å². The predicted molar refractivity (Wildman–Crippen MR) is 86.7 cm³/mol. The largest absolute Gasteiger partial charge is 0.508 e. The molecule has 0 bridgehead atoms. The molecule has 0 aliphatic heterocycles. The summed E-state index contributed by atoms with van der Waals surface area (Å²) >= 11 is 0. The van der Waals surface area contributed by atoms with Gasteiger partial charge in [0.2, 0.25) is 0 Å². The van der Waals surface area contributed by atoms with E-state index >= 15 is 0 Å². The lowest BCUT2D eigenvalue weighted by Crippen LogP contribution is -2.00. The summed E-state index contributed by atoms with van der Waals surface area (Å²) in [5.74, 6) is 0.791. The quantitative estimate of drug-likeness (QED) is 0.760. The van der Waals surface area contributed by atoms with E-state index in [4.69, 9.17) is 0 Å². The monoisotopic (exact) mass is 282 g/mol. The Labute approximate surface area is 126 Å². The zero-order valence-corrected chi connectivity index (χ0v) is 12.6. The SMILES string of the molecule is CCC(C)=CCC(c1ccc(O)cc1)c1ccc(O)cc1. The summed E-state index contributed by atoms with van der Waals surface area (Å²) in [5.41, 5.74) is 3.70. The van der Waals surface area contributed by atoms with Gasteiger partial charge in [0.1, 0.15) is 11.5 Å². The Morgan fingerprint density at radius 2 is 1.33 bits per heavy atom. The third-order valence-electron chi connectivity index (χ3n) is 3.85. The molecule has 0 aromatic heterocycles. The molecule has 0 fully saturated rings. The van der Waals surface area contributed by atoms with Gasteiger partial charge in [-0.2, -0.15) is 0 Å². The average molecular weight is 282 g/mol. The van der Waals surface area contributed by atoms with Crippen LogP contribution in [0, 0.1) is 0 Å². The molecule has 2 aromatic carbocycles. The zero-order valence-electron chi connectivity index (χ0n) is 12.6. The Kier molecular flexibility index (Phi) is 5.04. The molecule has 0 aliphatic rings. The number of allylic oxidation sites excluding steroid dienone is 2. The van der Waals surface area contributed by atoms with E-state index in [9.17, 15) is 10.2 Å². The second-order valence-corrected chi connectivity index (χ2v) is 5.38. The molecule has 21 heavy (non-hydrogen) atoms. The standard InChI is InChI=1S/C19H22O2/c1-3-14(2)4-13-19(15-5-9-17(20)10-6-15)16-7-11-18(21)12-8-16/h4-12,19-21H,3,13H2,1-2H3. The normalized spacial score (nSPS) is 11.9. The van der Waals surface area contributed by atoms with Gasteiger partial charge in [0.05, 0.1) is 0 Å². The molecule has 0 aliphatic carbocycles. The lowest BCUT2D eigenvalue weighted by atomic mass is 9.87. The molecule has 2 aromatic rings. The predicted octanol–water partition coefficient (Wildman–Crippen LogP) is 4.98. The number of rotatable bonds is 5. The third-order valence-corrected chi connectivity index (χ3v) is 3.85. The first kappa shape index (κ1) is 15.2. The van der Waals surface area contributed by atoms with Gasteiger partial charge in [-0.15, -0.1) is 0 Å². The number of hydrogen-bond acceptors (Lipinski definition) is 2. The Balaban J connectivity index is 2.33. The summed E-state index contributed by atoms with van der Waals surface area (Å²) in [6.45, 7) is 4.30. The molecule has 2 nitrogen and oxygen atoms in total. The third kappa shape index (κ3) is 4.12. The van der Waals surface area contributed by atoms with Crippen molar-refractivity contribution >= 4 is 0 Å². The summed E-state index contributed by atoms with van der Waals surface area (Å²) in [6, 6.07) is 14.7. The maximum absolute atomic E-state index is 9.46. The van der Waals surface area contributed by atoms with Crippen LogP contribution in [0.5, 0.6) is 11.5 Å². The van der Waals surface area contributed by atoms with Crippen LogP contribution in [0.2, 0.25) is 0 Å². The molecular formula is C19H22O2. The van der Waals surface area contributed by atoms with Crippen molar-refractivity contribution < 1.29 is 10.2 Å². The number of phenolic OH excluding ortho intramolecular Hbond substituents is 2. The van der Waals surface area contributed by atoms with E-state index in [2.05, 4.69) is 19.9 Å². The zero-order chi connectivity index (χ0) is 15.2. The van der Waals surface area contributed by atoms with E-state index in [1.165, 1.54) is 16.7 Å². The number of hydrogen-bond donors (Lipinski definition) is 2. The van der Waals surface area contributed by atoms with Crippen molar-refractivity contribution in [3.8, 4) is 11.5 Å². The average Bonchev–Trinajstić information content (AvgIpc) is 2.50. The van der Waals surface area contributed by atoms with Crippen LogP contribution in [-0.2, 0) is 0 Å². The van der Waals surface area contributed by atoms with Crippen molar-refractivity contribution in [2.75, 3.05) is 0 Å². The lowest BCUT2D eigenvalue weighted by Gasteiger charge is -2.17. The topological polar surface area (TPSA) is 40.5 Å². The van der Waals surface area contributed by atoms with Crippen LogP contribution < -0.4 is 0 Å². The van der Waals surface area contributed by atoms with Gasteiger partial charge in [-0.25, -0.2) is 0 Å². The fourth-order valence-corrected chi connectivity index (χ4v) is 2.34. The Hall–Kier alpha value is -2.22. The van der Waals surface area contributed by atoms with Crippen LogP contribution >= 0.6 is 0 Å². The summed E-state index contributed by atoms with van der Waals surface area (Å²) in [5, 5.41) is 18.9. The second-order valence-electron chi connectivity index (χ2n) is 5.38. The van der Waals surface area contributed by atoms with Crippen LogP contribution in [0.1, 0.15) is 43.7 Å². The molecule has 0 amide bonds. The van der Waals surface area contributed by atoms with Crippen LogP contribution in [0.25, 0.3) is 0 Å². The minimum absolute atomic E-state index is 0.229. The first-order valence-electron chi connectivity index (χ1n) is 7.33. The molecule has 0 saturated carbocycles. The Bertz CT molecular complexity index is 549. The Morgan fingerprint density at radius 1 is 0.905 bits per heavy atom. The van der Waals surface area contributed by atoms with Crippen LogP contribution in [0.4, 0.5) is 0 Å². The molecule has 2 rings (SSSR count). The number of phenols is 2. The highest BCUT2D eigenvalue weighted by Crippen LogP contribution is 2.31. The van der Waals surface area contributed by atoms with Gasteiger partial charge in [-0.05, 0) is 55.2 Å². The minimum Gasteiger partial charge on any atom is -0.508 e. The van der Waals surface area contributed by atoms with Crippen LogP contribution in [-0.4, -0.2) is 10.2 Å². The molecule has 0 heterocycles. The maximum atomic E-state index is 9.46. The fraction of sp³-hybridized carbons (Fsp3) is 0.263. The van der Waals surface area contributed by atoms with Gasteiger partial charge in [-0.1, -0.05) is 42.8 Å². The minimum atomic E-state index is 0.229. The van der Waals surface area contributed by atoms with Crippen LogP contribution in [0.15, 0.2) is 60.2 Å². The van der Waals surface area contributed by atoms with E-state index in [1.807, 2.05) is 24.3 Å². The van der Waals surface area contributed by atoms with Crippen molar-refractivity contribution in [3.63, 3.8) is 0 Å². The van der Waals surface area contributed by atoms with Crippen LogP contribution in [0.3, 0.4) is 0 Å². The van der Waals surface area contributed by atoms with Crippen molar-refractivity contribution in [1.82, 2.24) is 0 Å². The van der Waals surface area contributed by atoms with E-state index < -0.39 is 0 Å². The summed E-state index contributed by atoms with van der Waals surface area (Å²) < 4.78 is 0. The summed E-state index contributed by atoms with van der Waals surface area (Å²) in [4.78, 5) is 0. The lowest BCUT2D eigenvalue weighted by molar-refractivity contribution is 0.475. The van der Waals surface area contributed by atoms with Gasteiger partial charge < -0.3 is 10.2 Å². The van der Waals surface area contributed by atoms with Gasteiger partial charge in [0.15, 0.2) is 0 Å². The molecule has 2 heteroatoms. The maximum Gasteiger partial charge on any atom is 0.115 e. The molecule has 0 radical (unpaired) electrons. The van der Waals surface area contributed by atoms with Gasteiger partial charge in [-0.3, -0.25) is 0 Å². The van der Waals surface area contributed by atoms with Crippen molar-refractivity contribution in [2.45, 2.75) is 32.6 Å². The molecule has 0 atom stereocenters. The van der Waals surface area contributed by atoms with E-state index in [-0.39, 0.29) is 17.4 Å². The number of aromatic hydroxyl groups is 2. The number of benzene rings is 2. The van der Waals surface area contributed by atoms with E-state index in [1.54, 1.807) is 24.3 Å². The molecular weight excluding hydrogens is 260 g/mol. The summed E-state index contributed by atoms with van der Waals surface area (Å²) in [7, 11) is 0. The van der Waals surface area contributed by atoms with Gasteiger partial charge in [0, 0.05) is 5.92 Å². The Morgan fingerprint density at radius 3 is 1.71 bits per heavy atom. The molecule has 0 unspecified atom stereocenters. The van der Waals surface area contributed by atoms with Gasteiger partial charge in [0.25, 0.3) is 0 Å². The highest BCUT2D eigenvalue weighted by molar-refractivity contribution is 5.38. The summed E-state index contributed by atoms with van der Waals surface area (Å²) in [6.07, 6.45) is 4.23. The first-order valence-corrected chi connectivity index (χ1v) is 7.33. The van der Waals surface area contributed by atoms with Crippen molar-refractivity contribution in [3.05, 3.63) is 71.3 Å². The first-order chi connectivity index (χ1) is 10.1. The second kappa shape index (κ2) is 6.98.